The minimum absolute atomic E-state index is 0.0127. The predicted octanol–water partition coefficient (Wildman–Crippen LogP) is 0.892. The van der Waals surface area contributed by atoms with Crippen LogP contribution >= 0.6 is 0 Å². The predicted molar refractivity (Wildman–Crippen MR) is 78.3 cm³/mol. The molecule has 1 rings (SSSR count). The molecule has 0 spiro atoms. The normalized spacial score (nSPS) is 9.81. The number of carbonyl (C=O) groups excluding carboxylic acids is 2. The van der Waals surface area contributed by atoms with Gasteiger partial charge in [-0.3, -0.25) is 19.7 Å². The van der Waals surface area contributed by atoms with Crippen molar-refractivity contribution in [3.8, 4) is 0 Å². The number of nitrogens with zero attached hydrogens (tertiary/aromatic N) is 1. The molecular weight excluding hydrogens is 276 g/mol. The summed E-state index contributed by atoms with van der Waals surface area (Å²) < 4.78 is 0. The van der Waals surface area contributed by atoms with Crippen molar-refractivity contribution in [2.45, 2.75) is 13.8 Å². The van der Waals surface area contributed by atoms with E-state index in [9.17, 15) is 19.7 Å². The molecular formula is C13H18N4O4. The Morgan fingerprint density at radius 2 is 1.90 bits per heavy atom. The van der Waals surface area contributed by atoms with Crippen molar-refractivity contribution in [1.29, 1.82) is 0 Å². The number of rotatable bonds is 7. The van der Waals surface area contributed by atoms with E-state index in [1.54, 1.807) is 6.07 Å². The van der Waals surface area contributed by atoms with Crippen LogP contribution in [0.5, 0.6) is 0 Å². The lowest BCUT2D eigenvalue weighted by Gasteiger charge is -2.09. The van der Waals surface area contributed by atoms with Gasteiger partial charge in [0.05, 0.1) is 4.92 Å². The molecule has 0 unspecified atom stereocenters. The van der Waals surface area contributed by atoms with Gasteiger partial charge in [0.15, 0.2) is 0 Å². The second-order valence-corrected chi connectivity index (χ2v) is 4.26. The molecule has 1 aromatic rings. The molecule has 1 aromatic carbocycles. The van der Waals surface area contributed by atoms with E-state index < -0.39 is 10.8 Å². The molecule has 0 radical (unpaired) electrons. The van der Waals surface area contributed by atoms with E-state index in [0.717, 1.165) is 0 Å². The van der Waals surface area contributed by atoms with Gasteiger partial charge in [-0.2, -0.15) is 0 Å². The number of benzene rings is 1. The number of nitro groups is 1. The SMILES string of the molecule is CCNc1ccc([N+](=O)[O-])c(C(=O)NCCNC(C)=O)c1. The lowest BCUT2D eigenvalue weighted by atomic mass is 10.1. The first-order valence-electron chi connectivity index (χ1n) is 6.50. The topological polar surface area (TPSA) is 113 Å². The Morgan fingerprint density at radius 3 is 2.48 bits per heavy atom. The first-order chi connectivity index (χ1) is 9.95. The second-order valence-electron chi connectivity index (χ2n) is 4.26. The maximum atomic E-state index is 12.0. The number of anilines is 1. The maximum Gasteiger partial charge on any atom is 0.282 e. The molecule has 0 bridgehead atoms. The molecule has 0 saturated carbocycles. The quantitative estimate of drug-likeness (QED) is 0.392. The van der Waals surface area contributed by atoms with E-state index in [0.29, 0.717) is 12.2 Å². The average molecular weight is 294 g/mol. The van der Waals surface area contributed by atoms with Gasteiger partial charge in [-0.15, -0.1) is 0 Å². The number of nitrogens with one attached hydrogen (secondary N) is 3. The van der Waals surface area contributed by atoms with Crippen LogP contribution in [0.3, 0.4) is 0 Å². The summed E-state index contributed by atoms with van der Waals surface area (Å²) in [5.41, 5.74) is 0.366. The van der Waals surface area contributed by atoms with Crippen LogP contribution in [-0.4, -0.2) is 36.4 Å². The van der Waals surface area contributed by atoms with E-state index in [1.165, 1.54) is 19.1 Å². The zero-order chi connectivity index (χ0) is 15.8. The molecule has 0 aliphatic rings. The zero-order valence-corrected chi connectivity index (χ0v) is 11.9. The fourth-order valence-electron chi connectivity index (χ4n) is 1.70. The molecule has 3 N–H and O–H groups in total. The van der Waals surface area contributed by atoms with Gasteiger partial charge in [0.25, 0.3) is 11.6 Å². The third-order valence-electron chi connectivity index (χ3n) is 2.60. The molecule has 0 atom stereocenters. The number of nitro benzene ring substituents is 1. The fourth-order valence-corrected chi connectivity index (χ4v) is 1.70. The molecule has 0 heterocycles. The van der Waals surface area contributed by atoms with Crippen molar-refractivity contribution in [3.63, 3.8) is 0 Å². The van der Waals surface area contributed by atoms with E-state index in [-0.39, 0.29) is 30.2 Å². The van der Waals surface area contributed by atoms with Crippen molar-refractivity contribution in [2.24, 2.45) is 0 Å². The lowest BCUT2D eigenvalue weighted by molar-refractivity contribution is -0.385. The monoisotopic (exact) mass is 294 g/mol. The van der Waals surface area contributed by atoms with E-state index in [4.69, 9.17) is 0 Å². The van der Waals surface area contributed by atoms with Crippen molar-refractivity contribution in [3.05, 3.63) is 33.9 Å². The standard InChI is InChI=1S/C13H18N4O4/c1-3-14-10-4-5-12(17(20)21)11(8-10)13(19)16-7-6-15-9(2)18/h4-5,8,14H,3,6-7H2,1-2H3,(H,15,18)(H,16,19). The molecule has 8 heteroatoms. The van der Waals surface area contributed by atoms with Gasteiger partial charge in [0, 0.05) is 38.3 Å². The van der Waals surface area contributed by atoms with Crippen LogP contribution in [0.25, 0.3) is 0 Å². The Morgan fingerprint density at radius 1 is 1.24 bits per heavy atom. The van der Waals surface area contributed by atoms with Crippen LogP contribution in [0, 0.1) is 10.1 Å². The van der Waals surface area contributed by atoms with Crippen LogP contribution in [0.2, 0.25) is 0 Å². The van der Waals surface area contributed by atoms with E-state index in [1.807, 2.05) is 6.92 Å². The third-order valence-corrected chi connectivity index (χ3v) is 2.60. The minimum Gasteiger partial charge on any atom is -0.385 e. The van der Waals surface area contributed by atoms with Crippen molar-refractivity contribution >= 4 is 23.2 Å². The lowest BCUT2D eigenvalue weighted by Crippen LogP contribution is -2.33. The van der Waals surface area contributed by atoms with Crippen molar-refractivity contribution < 1.29 is 14.5 Å². The number of carbonyl (C=O) groups is 2. The summed E-state index contributed by atoms with van der Waals surface area (Å²) in [7, 11) is 0. The minimum atomic E-state index is -0.599. The van der Waals surface area contributed by atoms with Crippen molar-refractivity contribution in [2.75, 3.05) is 25.0 Å². The molecule has 0 saturated heterocycles. The first-order valence-corrected chi connectivity index (χ1v) is 6.50. The third kappa shape index (κ3) is 5.09. The highest BCUT2D eigenvalue weighted by atomic mass is 16.6. The van der Waals surface area contributed by atoms with Gasteiger partial charge < -0.3 is 16.0 Å². The van der Waals surface area contributed by atoms with Crippen LogP contribution in [0.1, 0.15) is 24.2 Å². The molecule has 0 aliphatic heterocycles. The van der Waals surface area contributed by atoms with E-state index in [2.05, 4.69) is 16.0 Å². The highest BCUT2D eigenvalue weighted by molar-refractivity contribution is 5.99. The second kappa shape index (κ2) is 7.83. The average Bonchev–Trinajstić information content (AvgIpc) is 2.43. The van der Waals surface area contributed by atoms with Gasteiger partial charge in [-0.05, 0) is 19.1 Å². The molecule has 21 heavy (non-hydrogen) atoms. The summed E-state index contributed by atoms with van der Waals surface area (Å²) in [5, 5.41) is 19.0. The first kappa shape index (κ1) is 16.4. The van der Waals surface area contributed by atoms with Gasteiger partial charge in [0.1, 0.15) is 5.56 Å². The Balaban J connectivity index is 2.82. The van der Waals surface area contributed by atoms with Gasteiger partial charge >= 0.3 is 0 Å². The summed E-state index contributed by atoms with van der Waals surface area (Å²) >= 11 is 0. The van der Waals surface area contributed by atoms with Gasteiger partial charge in [-0.25, -0.2) is 0 Å². The Kier molecular flexibility index (Phi) is 6.12. The summed E-state index contributed by atoms with van der Waals surface area (Å²) in [6.45, 7) is 4.35. The highest BCUT2D eigenvalue weighted by Crippen LogP contribution is 2.22. The summed E-state index contributed by atoms with van der Waals surface area (Å²) in [5.74, 6) is -0.754. The zero-order valence-electron chi connectivity index (χ0n) is 11.9. The van der Waals surface area contributed by atoms with E-state index >= 15 is 0 Å². The Bertz CT molecular complexity index is 545. The smallest absolute Gasteiger partial charge is 0.282 e. The Labute approximate surface area is 122 Å². The largest absolute Gasteiger partial charge is 0.385 e. The summed E-state index contributed by atoms with van der Waals surface area (Å²) in [6.07, 6.45) is 0. The fraction of sp³-hybridized carbons (Fsp3) is 0.385. The van der Waals surface area contributed by atoms with Crippen molar-refractivity contribution in [1.82, 2.24) is 10.6 Å². The summed E-state index contributed by atoms with van der Waals surface area (Å²) in [4.78, 5) is 33.1. The number of amides is 2. The molecule has 0 aliphatic carbocycles. The van der Waals surface area contributed by atoms with Crippen LogP contribution in [-0.2, 0) is 4.79 Å². The number of hydrogen-bond acceptors (Lipinski definition) is 5. The molecule has 2 amide bonds. The van der Waals surface area contributed by atoms with Crippen LogP contribution in [0.4, 0.5) is 11.4 Å². The molecule has 114 valence electrons. The van der Waals surface area contributed by atoms with Gasteiger partial charge in [-0.1, -0.05) is 0 Å². The highest BCUT2D eigenvalue weighted by Gasteiger charge is 2.20. The molecule has 0 fully saturated rings. The van der Waals surface area contributed by atoms with Gasteiger partial charge in [0.2, 0.25) is 5.91 Å². The summed E-state index contributed by atoms with van der Waals surface area (Å²) in [6, 6.07) is 4.28. The molecule has 0 aromatic heterocycles. The Hall–Kier alpha value is -2.64. The van der Waals surface area contributed by atoms with Crippen LogP contribution < -0.4 is 16.0 Å². The molecule has 8 nitrogen and oxygen atoms in total. The maximum absolute atomic E-state index is 12.0. The number of hydrogen-bond donors (Lipinski definition) is 3. The van der Waals surface area contributed by atoms with Crippen LogP contribution in [0.15, 0.2) is 18.2 Å².